The second-order valence-electron chi connectivity index (χ2n) is 4.88. The second-order valence-corrected chi connectivity index (χ2v) is 4.88. The molecule has 0 aromatic heterocycles. The van der Waals surface area contributed by atoms with Crippen molar-refractivity contribution in [3.63, 3.8) is 0 Å². The van der Waals surface area contributed by atoms with E-state index in [2.05, 4.69) is 11.6 Å². The molecule has 0 aromatic rings. The van der Waals surface area contributed by atoms with Crippen molar-refractivity contribution in [1.82, 2.24) is 0 Å². The Hall–Kier alpha value is -1.41. The number of unbranched alkanes of at least 4 members (excludes halogenated alkanes) is 8. The fraction of sp³-hybridized carbons (Fsp3) is 0.750. The van der Waals surface area contributed by atoms with Gasteiger partial charge in [-0.3, -0.25) is 4.79 Å². The van der Waals surface area contributed by atoms with Gasteiger partial charge in [-0.15, -0.1) is 0 Å². The largest absolute Gasteiger partial charge is 0.461 e. The quantitative estimate of drug-likeness (QED) is 0.159. The van der Waals surface area contributed by atoms with E-state index in [4.69, 9.17) is 4.74 Å². The smallest absolute Gasteiger partial charge is 0.306 e. The van der Waals surface area contributed by atoms with E-state index < -0.39 is 0 Å². The standard InChI is InChI=1S/C16H27NO3/c1-2-14-20-16(19)12-10-8-6-4-3-5-7-9-11-13-17-15-18/h2H,1,3-14H2. The summed E-state index contributed by atoms with van der Waals surface area (Å²) < 4.78 is 4.90. The molecule has 0 saturated carbocycles. The van der Waals surface area contributed by atoms with E-state index in [-0.39, 0.29) is 5.97 Å². The molecule has 4 heteroatoms. The first-order valence-electron chi connectivity index (χ1n) is 7.61. The van der Waals surface area contributed by atoms with Crippen LogP contribution >= 0.6 is 0 Å². The maximum absolute atomic E-state index is 11.2. The molecule has 0 amide bonds. The third-order valence-electron chi connectivity index (χ3n) is 3.08. The third kappa shape index (κ3) is 14.7. The fourth-order valence-corrected chi connectivity index (χ4v) is 1.97. The first-order chi connectivity index (χ1) is 9.81. The highest BCUT2D eigenvalue weighted by Crippen LogP contribution is 2.10. The first-order valence-corrected chi connectivity index (χ1v) is 7.61. The number of rotatable bonds is 14. The zero-order valence-electron chi connectivity index (χ0n) is 12.4. The van der Waals surface area contributed by atoms with Crippen LogP contribution in [0.5, 0.6) is 0 Å². The molecule has 0 fully saturated rings. The molecule has 20 heavy (non-hydrogen) atoms. The monoisotopic (exact) mass is 281 g/mol. The van der Waals surface area contributed by atoms with Crippen LogP contribution in [0.1, 0.15) is 64.2 Å². The minimum absolute atomic E-state index is 0.122. The lowest BCUT2D eigenvalue weighted by molar-refractivity contribution is -0.142. The number of esters is 1. The van der Waals surface area contributed by atoms with Gasteiger partial charge in [0.1, 0.15) is 6.61 Å². The summed E-state index contributed by atoms with van der Waals surface area (Å²) in [5.41, 5.74) is 0. The SMILES string of the molecule is C=CCOC(=O)CCCCCCCCCCCN=C=O. The Kier molecular flexibility index (Phi) is 14.5. The summed E-state index contributed by atoms with van der Waals surface area (Å²) in [5, 5.41) is 0. The van der Waals surface area contributed by atoms with Crippen molar-refractivity contribution in [2.45, 2.75) is 64.2 Å². The van der Waals surface area contributed by atoms with E-state index in [1.165, 1.54) is 32.1 Å². The van der Waals surface area contributed by atoms with Crippen molar-refractivity contribution in [2.24, 2.45) is 4.99 Å². The molecule has 0 aliphatic rings. The van der Waals surface area contributed by atoms with Gasteiger partial charge in [0.05, 0.1) is 6.54 Å². The van der Waals surface area contributed by atoms with Gasteiger partial charge in [0.15, 0.2) is 0 Å². The van der Waals surface area contributed by atoms with Gasteiger partial charge in [0, 0.05) is 6.42 Å². The zero-order chi connectivity index (χ0) is 14.9. The Morgan fingerprint density at radius 3 is 2.10 bits per heavy atom. The zero-order valence-corrected chi connectivity index (χ0v) is 12.4. The van der Waals surface area contributed by atoms with Crippen molar-refractivity contribution >= 4 is 12.0 Å². The average molecular weight is 281 g/mol. The first kappa shape index (κ1) is 18.6. The number of aliphatic imine (C=N–C) groups is 1. The van der Waals surface area contributed by atoms with E-state index in [9.17, 15) is 9.59 Å². The number of ether oxygens (including phenoxy) is 1. The van der Waals surface area contributed by atoms with Crippen LogP contribution in [0.25, 0.3) is 0 Å². The lowest BCUT2D eigenvalue weighted by Crippen LogP contribution is -2.03. The number of hydrogen-bond acceptors (Lipinski definition) is 4. The normalized spacial score (nSPS) is 9.80. The van der Waals surface area contributed by atoms with Gasteiger partial charge in [-0.05, 0) is 12.8 Å². The molecule has 0 bridgehead atoms. The average Bonchev–Trinajstić information content (AvgIpc) is 2.46. The van der Waals surface area contributed by atoms with E-state index >= 15 is 0 Å². The Balaban J connectivity index is 3.11. The van der Waals surface area contributed by atoms with Gasteiger partial charge in [-0.1, -0.05) is 57.6 Å². The fourth-order valence-electron chi connectivity index (χ4n) is 1.97. The molecule has 0 aromatic carbocycles. The summed E-state index contributed by atoms with van der Waals surface area (Å²) in [6.45, 7) is 4.43. The molecular formula is C16H27NO3. The Morgan fingerprint density at radius 1 is 1.00 bits per heavy atom. The lowest BCUT2D eigenvalue weighted by Gasteiger charge is -2.03. The van der Waals surface area contributed by atoms with Crippen LogP contribution in [-0.4, -0.2) is 25.2 Å². The molecular weight excluding hydrogens is 254 g/mol. The Bertz CT molecular complexity index is 296. The number of isocyanates is 1. The molecule has 0 aliphatic carbocycles. The molecule has 114 valence electrons. The predicted octanol–water partition coefficient (Wildman–Crippen LogP) is 3.95. The van der Waals surface area contributed by atoms with Gasteiger partial charge >= 0.3 is 5.97 Å². The highest BCUT2D eigenvalue weighted by atomic mass is 16.5. The van der Waals surface area contributed by atoms with Crippen LogP contribution in [0, 0.1) is 0 Å². The molecule has 0 radical (unpaired) electrons. The summed E-state index contributed by atoms with van der Waals surface area (Å²) >= 11 is 0. The summed E-state index contributed by atoms with van der Waals surface area (Å²) in [5.74, 6) is -0.122. The van der Waals surface area contributed by atoms with Crippen LogP contribution in [0.2, 0.25) is 0 Å². The second kappa shape index (κ2) is 15.6. The molecule has 0 aliphatic heterocycles. The predicted molar refractivity (Wildman–Crippen MR) is 80.3 cm³/mol. The van der Waals surface area contributed by atoms with Crippen molar-refractivity contribution in [3.8, 4) is 0 Å². The minimum atomic E-state index is -0.122. The van der Waals surface area contributed by atoms with Gasteiger partial charge < -0.3 is 4.74 Å². The van der Waals surface area contributed by atoms with E-state index in [1.807, 2.05) is 0 Å². The topological polar surface area (TPSA) is 55.7 Å². The van der Waals surface area contributed by atoms with Crippen LogP contribution in [0.3, 0.4) is 0 Å². The maximum atomic E-state index is 11.2. The Labute approximate surface area is 122 Å². The summed E-state index contributed by atoms with van der Waals surface area (Å²) in [6, 6.07) is 0. The highest BCUT2D eigenvalue weighted by Gasteiger charge is 2.00. The molecule has 0 rings (SSSR count). The third-order valence-corrected chi connectivity index (χ3v) is 3.08. The van der Waals surface area contributed by atoms with Crippen molar-refractivity contribution in [2.75, 3.05) is 13.2 Å². The van der Waals surface area contributed by atoms with Crippen molar-refractivity contribution < 1.29 is 14.3 Å². The van der Waals surface area contributed by atoms with Gasteiger partial charge in [0.2, 0.25) is 6.08 Å². The summed E-state index contributed by atoms with van der Waals surface area (Å²) in [6.07, 6.45) is 13.9. The summed E-state index contributed by atoms with van der Waals surface area (Å²) in [7, 11) is 0. The molecule has 0 atom stereocenters. The van der Waals surface area contributed by atoms with Gasteiger partial charge in [-0.2, -0.15) is 0 Å². The number of carbonyl (C=O) groups excluding carboxylic acids is 2. The molecule has 0 N–H and O–H groups in total. The molecule has 0 saturated heterocycles. The molecule has 0 unspecified atom stereocenters. The van der Waals surface area contributed by atoms with Crippen molar-refractivity contribution in [3.05, 3.63) is 12.7 Å². The van der Waals surface area contributed by atoms with Crippen LogP contribution in [-0.2, 0) is 14.3 Å². The van der Waals surface area contributed by atoms with Crippen molar-refractivity contribution in [1.29, 1.82) is 0 Å². The minimum Gasteiger partial charge on any atom is -0.461 e. The number of nitrogens with zero attached hydrogens (tertiary/aromatic N) is 1. The maximum Gasteiger partial charge on any atom is 0.306 e. The lowest BCUT2D eigenvalue weighted by atomic mass is 10.1. The van der Waals surface area contributed by atoms with E-state index in [1.54, 1.807) is 12.2 Å². The van der Waals surface area contributed by atoms with Crippen LogP contribution in [0.4, 0.5) is 0 Å². The van der Waals surface area contributed by atoms with E-state index in [0.29, 0.717) is 19.6 Å². The Morgan fingerprint density at radius 2 is 1.55 bits per heavy atom. The molecule has 4 nitrogen and oxygen atoms in total. The number of hydrogen-bond donors (Lipinski definition) is 0. The number of carbonyl (C=O) groups is 1. The van der Waals surface area contributed by atoms with Gasteiger partial charge in [0.25, 0.3) is 0 Å². The van der Waals surface area contributed by atoms with E-state index in [0.717, 1.165) is 25.7 Å². The molecule has 0 spiro atoms. The summed E-state index contributed by atoms with van der Waals surface area (Å²) in [4.78, 5) is 24.5. The van der Waals surface area contributed by atoms with Crippen LogP contribution in [0.15, 0.2) is 17.6 Å². The highest BCUT2D eigenvalue weighted by molar-refractivity contribution is 5.69. The van der Waals surface area contributed by atoms with Gasteiger partial charge in [-0.25, -0.2) is 9.79 Å². The van der Waals surface area contributed by atoms with Crippen LogP contribution < -0.4 is 0 Å². The molecule has 0 heterocycles.